The Morgan fingerprint density at radius 2 is 2.04 bits per heavy atom. The number of carboxylic acids is 1. The fraction of sp³-hybridized carbons (Fsp3) is 0.375. The maximum absolute atomic E-state index is 14.8. The lowest BCUT2D eigenvalue weighted by Gasteiger charge is -2.33. The molecular weight excluding hydrogens is 317 g/mol. The van der Waals surface area contributed by atoms with Gasteiger partial charge < -0.3 is 14.7 Å². The second kappa shape index (κ2) is 5.12. The molecule has 0 spiro atoms. The molecule has 8 heteroatoms. The van der Waals surface area contributed by atoms with Gasteiger partial charge in [-0.05, 0) is 18.9 Å². The minimum atomic E-state index is -1.34. The predicted octanol–water partition coefficient (Wildman–Crippen LogP) is 1.36. The van der Waals surface area contributed by atoms with E-state index in [1.807, 2.05) is 4.90 Å². The van der Waals surface area contributed by atoms with E-state index in [-0.39, 0.29) is 12.1 Å². The monoisotopic (exact) mass is 333 g/mol. The Hall–Kier alpha value is -2.77. The standard InChI is InChI=1S/C16H16FN3O4/c1-18-8-24-15-12-9(14(21)10(16(22)23)7-20(12)18)6-11(17)13(15)19-4-2-3-5-19/h6-7H,2-5,8H2,1H3,(H,22,23). The van der Waals surface area contributed by atoms with E-state index in [1.165, 1.54) is 6.20 Å². The molecule has 0 radical (unpaired) electrons. The first-order valence-electron chi connectivity index (χ1n) is 7.73. The molecule has 24 heavy (non-hydrogen) atoms. The summed E-state index contributed by atoms with van der Waals surface area (Å²) in [7, 11) is 1.71. The number of benzene rings is 1. The smallest absolute Gasteiger partial charge is 0.341 e. The summed E-state index contributed by atoms with van der Waals surface area (Å²) in [6.07, 6.45) is 3.22. The Kier molecular flexibility index (Phi) is 3.16. The maximum atomic E-state index is 14.8. The minimum Gasteiger partial charge on any atom is -0.477 e. The van der Waals surface area contributed by atoms with E-state index >= 15 is 0 Å². The van der Waals surface area contributed by atoms with Gasteiger partial charge in [-0.2, -0.15) is 0 Å². The molecule has 0 aliphatic carbocycles. The molecule has 0 bridgehead atoms. The van der Waals surface area contributed by atoms with Gasteiger partial charge in [-0.25, -0.2) is 9.18 Å². The van der Waals surface area contributed by atoms with Crippen LogP contribution in [0.2, 0.25) is 0 Å². The van der Waals surface area contributed by atoms with Gasteiger partial charge in [0.15, 0.2) is 18.3 Å². The maximum Gasteiger partial charge on any atom is 0.341 e. The SMILES string of the molecule is CN1COc2c(N3CCCC3)c(F)cc3c(=O)c(C(=O)O)cn1c23. The van der Waals surface area contributed by atoms with Gasteiger partial charge in [0.25, 0.3) is 0 Å². The molecule has 2 aliphatic rings. The average molecular weight is 333 g/mol. The number of carbonyl (C=O) groups is 1. The highest BCUT2D eigenvalue weighted by Crippen LogP contribution is 2.40. The third-order valence-electron chi connectivity index (χ3n) is 4.57. The van der Waals surface area contributed by atoms with Crippen molar-refractivity contribution in [2.24, 2.45) is 0 Å². The highest BCUT2D eigenvalue weighted by atomic mass is 19.1. The quantitative estimate of drug-likeness (QED) is 0.894. The van der Waals surface area contributed by atoms with Gasteiger partial charge in [-0.15, -0.1) is 0 Å². The molecule has 7 nitrogen and oxygen atoms in total. The highest BCUT2D eigenvalue weighted by molar-refractivity contribution is 5.97. The fourth-order valence-corrected chi connectivity index (χ4v) is 3.41. The van der Waals surface area contributed by atoms with Crippen LogP contribution in [0.1, 0.15) is 23.2 Å². The molecule has 126 valence electrons. The Labute approximate surface area is 136 Å². The van der Waals surface area contributed by atoms with Gasteiger partial charge >= 0.3 is 5.97 Å². The van der Waals surface area contributed by atoms with Crippen molar-refractivity contribution in [1.29, 1.82) is 0 Å². The molecule has 0 atom stereocenters. The number of rotatable bonds is 2. The summed E-state index contributed by atoms with van der Waals surface area (Å²) in [5.74, 6) is -1.59. The Morgan fingerprint density at radius 1 is 1.33 bits per heavy atom. The van der Waals surface area contributed by atoms with Crippen LogP contribution >= 0.6 is 0 Å². The van der Waals surface area contributed by atoms with E-state index in [0.29, 0.717) is 17.0 Å². The van der Waals surface area contributed by atoms with Crippen molar-refractivity contribution in [2.75, 3.05) is 36.8 Å². The highest BCUT2D eigenvalue weighted by Gasteiger charge is 2.30. The zero-order valence-electron chi connectivity index (χ0n) is 13.1. The van der Waals surface area contributed by atoms with Gasteiger partial charge in [0.1, 0.15) is 16.8 Å². The summed E-state index contributed by atoms with van der Waals surface area (Å²) in [6, 6.07) is 1.13. The summed E-state index contributed by atoms with van der Waals surface area (Å²) >= 11 is 0. The second-order valence-electron chi connectivity index (χ2n) is 6.08. The van der Waals surface area contributed by atoms with E-state index in [1.54, 1.807) is 16.7 Å². The number of aromatic nitrogens is 1. The van der Waals surface area contributed by atoms with Crippen molar-refractivity contribution in [3.05, 3.63) is 33.9 Å². The summed E-state index contributed by atoms with van der Waals surface area (Å²) in [4.78, 5) is 25.7. The molecule has 1 aromatic carbocycles. The molecule has 2 aliphatic heterocycles. The normalized spacial score (nSPS) is 16.6. The molecule has 1 N–H and O–H groups in total. The predicted molar refractivity (Wildman–Crippen MR) is 86.2 cm³/mol. The van der Waals surface area contributed by atoms with Crippen LogP contribution in [0.15, 0.2) is 17.1 Å². The molecule has 1 fully saturated rings. The largest absolute Gasteiger partial charge is 0.477 e. The molecule has 0 amide bonds. The number of anilines is 1. The van der Waals surface area contributed by atoms with E-state index in [9.17, 15) is 19.1 Å². The molecular formula is C16H16FN3O4. The van der Waals surface area contributed by atoms with E-state index < -0.39 is 22.8 Å². The molecule has 4 rings (SSSR count). The summed E-state index contributed by atoms with van der Waals surface area (Å²) in [5.41, 5.74) is -0.345. The van der Waals surface area contributed by atoms with Crippen LogP contribution in [0.4, 0.5) is 10.1 Å². The van der Waals surface area contributed by atoms with Gasteiger partial charge in [0, 0.05) is 26.3 Å². The number of aromatic carboxylic acids is 1. The van der Waals surface area contributed by atoms with Gasteiger partial charge in [-0.1, -0.05) is 0 Å². The number of ether oxygens (including phenoxy) is 1. The summed E-state index contributed by atoms with van der Waals surface area (Å²) in [5, 5.41) is 10.9. The average Bonchev–Trinajstić information content (AvgIpc) is 3.06. The number of hydrogen-bond donors (Lipinski definition) is 1. The lowest BCUT2D eigenvalue weighted by molar-refractivity contribution is 0.0694. The topological polar surface area (TPSA) is 75.0 Å². The first kappa shape index (κ1) is 14.8. The molecule has 0 saturated carbocycles. The Balaban J connectivity index is 2.11. The van der Waals surface area contributed by atoms with E-state index in [0.717, 1.165) is 32.0 Å². The molecule has 1 saturated heterocycles. The van der Waals surface area contributed by atoms with Crippen molar-refractivity contribution >= 4 is 22.6 Å². The van der Waals surface area contributed by atoms with Crippen LogP contribution in [0.5, 0.6) is 5.75 Å². The third-order valence-corrected chi connectivity index (χ3v) is 4.57. The zero-order valence-corrected chi connectivity index (χ0v) is 13.1. The molecule has 2 aromatic rings. The van der Waals surface area contributed by atoms with Crippen LogP contribution < -0.4 is 20.1 Å². The van der Waals surface area contributed by atoms with Crippen LogP contribution in [0, 0.1) is 5.82 Å². The van der Waals surface area contributed by atoms with Gasteiger partial charge in [0.05, 0.1) is 5.39 Å². The first-order chi connectivity index (χ1) is 11.5. The Morgan fingerprint density at radius 3 is 2.71 bits per heavy atom. The van der Waals surface area contributed by atoms with E-state index in [4.69, 9.17) is 4.74 Å². The summed E-state index contributed by atoms with van der Waals surface area (Å²) in [6.45, 7) is 1.59. The lowest BCUT2D eigenvalue weighted by Crippen LogP contribution is -2.40. The summed E-state index contributed by atoms with van der Waals surface area (Å²) < 4.78 is 22.0. The van der Waals surface area contributed by atoms with Crippen molar-refractivity contribution in [2.45, 2.75) is 12.8 Å². The van der Waals surface area contributed by atoms with Gasteiger partial charge in [-0.3, -0.25) is 14.5 Å². The number of hydrogen-bond acceptors (Lipinski definition) is 5. The fourth-order valence-electron chi connectivity index (χ4n) is 3.41. The number of pyridine rings is 1. The van der Waals surface area contributed by atoms with E-state index in [2.05, 4.69) is 0 Å². The molecule has 0 unspecified atom stereocenters. The van der Waals surface area contributed by atoms with Crippen molar-refractivity contribution in [3.8, 4) is 5.75 Å². The number of halogens is 1. The van der Waals surface area contributed by atoms with Crippen LogP contribution in [0.3, 0.4) is 0 Å². The third kappa shape index (κ3) is 1.95. The van der Waals surface area contributed by atoms with Crippen molar-refractivity contribution in [1.82, 2.24) is 4.68 Å². The molecule has 3 heterocycles. The first-order valence-corrected chi connectivity index (χ1v) is 7.73. The number of nitrogens with zero attached hydrogens (tertiary/aromatic N) is 3. The lowest BCUT2D eigenvalue weighted by atomic mass is 10.1. The Bertz CT molecular complexity index is 918. The number of carboxylic acid groups (broad SMARTS) is 1. The second-order valence-corrected chi connectivity index (χ2v) is 6.08. The van der Waals surface area contributed by atoms with Crippen LogP contribution in [0.25, 0.3) is 10.9 Å². The van der Waals surface area contributed by atoms with Crippen LogP contribution in [-0.2, 0) is 0 Å². The zero-order chi connectivity index (χ0) is 17.0. The van der Waals surface area contributed by atoms with Crippen molar-refractivity contribution in [3.63, 3.8) is 0 Å². The molecule has 1 aromatic heterocycles. The van der Waals surface area contributed by atoms with Gasteiger partial charge in [0.2, 0.25) is 5.43 Å². The minimum absolute atomic E-state index is 0.0110. The van der Waals surface area contributed by atoms with Crippen LogP contribution in [-0.4, -0.2) is 42.6 Å². The van der Waals surface area contributed by atoms with Crippen molar-refractivity contribution < 1.29 is 19.0 Å².